The predicted octanol–water partition coefficient (Wildman–Crippen LogP) is 1.75. The van der Waals surface area contributed by atoms with Crippen molar-refractivity contribution in [2.24, 2.45) is 16.3 Å². The smallest absolute Gasteiger partial charge is 0.258 e. The summed E-state index contributed by atoms with van der Waals surface area (Å²) in [6.45, 7) is 1.55. The van der Waals surface area contributed by atoms with Gasteiger partial charge >= 0.3 is 0 Å². The maximum atomic E-state index is 14.2. The van der Waals surface area contributed by atoms with E-state index in [0.717, 1.165) is 5.01 Å². The second-order valence-corrected chi connectivity index (χ2v) is 10.4. The largest absolute Gasteiger partial charge is 0.488 e. The van der Waals surface area contributed by atoms with Crippen molar-refractivity contribution in [3.8, 4) is 5.75 Å². The first-order chi connectivity index (χ1) is 18.9. The van der Waals surface area contributed by atoms with E-state index in [4.69, 9.17) is 10.5 Å². The van der Waals surface area contributed by atoms with Crippen LogP contribution in [0, 0.1) is 11.2 Å². The number of pyridine rings is 1. The normalized spacial score (nSPS) is 19.8. The average Bonchev–Trinajstić information content (AvgIpc) is 3.16. The second-order valence-electron chi connectivity index (χ2n) is 10.4. The summed E-state index contributed by atoms with van der Waals surface area (Å²) in [5.74, 6) is -2.67. The number of benzene rings is 1. The zero-order valence-electron chi connectivity index (χ0n) is 22.1. The van der Waals surface area contributed by atoms with Crippen molar-refractivity contribution in [3.63, 3.8) is 0 Å². The number of aromatic nitrogens is 1. The van der Waals surface area contributed by atoms with Crippen LogP contribution in [0.15, 0.2) is 53.8 Å². The SMILES string of the molecule is CC(C)(N)C(=O)NC(COc1ccccc1F)C(=O)N1CCC2=NN(CC(F)F)C(=O)C2(Cc2ccccn2)C1. The maximum Gasteiger partial charge on any atom is 0.258 e. The molecule has 4 rings (SSSR count). The third-order valence-electron chi connectivity index (χ3n) is 6.78. The van der Waals surface area contributed by atoms with Gasteiger partial charge in [0.15, 0.2) is 11.6 Å². The summed E-state index contributed by atoms with van der Waals surface area (Å²) in [4.78, 5) is 45.8. The van der Waals surface area contributed by atoms with Gasteiger partial charge in [-0.3, -0.25) is 19.4 Å². The number of para-hydroxylation sites is 1. The molecule has 3 heterocycles. The lowest BCUT2D eigenvalue weighted by molar-refractivity contribution is -0.144. The molecule has 40 heavy (non-hydrogen) atoms. The number of hydrogen-bond donors (Lipinski definition) is 2. The van der Waals surface area contributed by atoms with Crippen molar-refractivity contribution in [2.75, 3.05) is 26.2 Å². The molecule has 3 amide bonds. The van der Waals surface area contributed by atoms with Crippen molar-refractivity contribution in [1.29, 1.82) is 0 Å². The molecule has 0 bridgehead atoms. The number of alkyl halides is 2. The van der Waals surface area contributed by atoms with Crippen molar-refractivity contribution in [2.45, 2.75) is 44.7 Å². The highest BCUT2D eigenvalue weighted by Gasteiger charge is 2.55. The van der Waals surface area contributed by atoms with Gasteiger partial charge in [-0.25, -0.2) is 18.2 Å². The highest BCUT2D eigenvalue weighted by Crippen LogP contribution is 2.38. The van der Waals surface area contributed by atoms with Gasteiger partial charge in [0.05, 0.1) is 11.3 Å². The van der Waals surface area contributed by atoms with Gasteiger partial charge in [0.25, 0.3) is 12.3 Å². The lowest BCUT2D eigenvalue weighted by atomic mass is 9.74. The molecule has 1 aromatic carbocycles. The standard InChI is InChI=1S/C27H31F3N6O4/c1-26(2,31)24(38)33-19(15-40-20-9-4-3-8-18(20)28)23(37)35-12-10-21-27(16-35,13-17-7-5-6-11-32-17)25(39)36(34-21)14-22(29)30/h3-9,11,19,22H,10,12-16,31H2,1-2H3,(H,33,38). The molecule has 2 unspecified atom stereocenters. The zero-order chi connectivity index (χ0) is 29.1. The Bertz CT molecular complexity index is 1290. The van der Waals surface area contributed by atoms with Crippen LogP contribution in [0.3, 0.4) is 0 Å². The molecule has 1 saturated heterocycles. The number of fused-ring (bicyclic) bond motifs is 1. The molecule has 2 atom stereocenters. The lowest BCUT2D eigenvalue weighted by Crippen LogP contribution is -2.62. The molecule has 2 aliphatic rings. The Morgan fingerprint density at radius 3 is 2.58 bits per heavy atom. The number of hydrazone groups is 1. The van der Waals surface area contributed by atoms with Crippen LogP contribution in [-0.2, 0) is 20.8 Å². The van der Waals surface area contributed by atoms with E-state index in [2.05, 4.69) is 15.4 Å². The van der Waals surface area contributed by atoms with Crippen LogP contribution in [0.5, 0.6) is 5.75 Å². The summed E-state index contributed by atoms with van der Waals surface area (Å²) in [5.41, 5.74) is 4.08. The number of rotatable bonds is 10. The van der Waals surface area contributed by atoms with Crippen molar-refractivity contribution in [1.82, 2.24) is 20.2 Å². The molecule has 3 N–H and O–H groups in total. The molecule has 2 aliphatic heterocycles. The summed E-state index contributed by atoms with van der Waals surface area (Å²) < 4.78 is 46.2. The number of carbonyl (C=O) groups is 3. The number of nitrogens with one attached hydrogen (secondary N) is 1. The van der Waals surface area contributed by atoms with Crippen LogP contribution < -0.4 is 15.8 Å². The van der Waals surface area contributed by atoms with Gasteiger partial charge in [-0.05, 0) is 38.1 Å². The fourth-order valence-electron chi connectivity index (χ4n) is 4.71. The number of carbonyl (C=O) groups excluding carboxylic acids is 3. The van der Waals surface area contributed by atoms with Gasteiger partial charge < -0.3 is 20.7 Å². The van der Waals surface area contributed by atoms with E-state index in [1.54, 1.807) is 30.5 Å². The zero-order valence-corrected chi connectivity index (χ0v) is 22.1. The number of nitrogens with zero attached hydrogens (tertiary/aromatic N) is 4. The second kappa shape index (κ2) is 11.6. The molecule has 0 aliphatic carbocycles. The van der Waals surface area contributed by atoms with Gasteiger partial charge in [-0.2, -0.15) is 5.10 Å². The number of hydrogen-bond acceptors (Lipinski definition) is 7. The molecule has 0 spiro atoms. The Morgan fingerprint density at radius 2 is 1.93 bits per heavy atom. The molecule has 1 fully saturated rings. The minimum atomic E-state index is -2.80. The Kier molecular flexibility index (Phi) is 8.43. The number of halogens is 3. The number of piperidine rings is 1. The first-order valence-corrected chi connectivity index (χ1v) is 12.7. The molecule has 2 aromatic rings. The van der Waals surface area contributed by atoms with Crippen LogP contribution in [0.4, 0.5) is 13.2 Å². The average molecular weight is 561 g/mol. The third-order valence-corrected chi connectivity index (χ3v) is 6.78. The molecule has 1 aromatic heterocycles. The van der Waals surface area contributed by atoms with Crippen molar-refractivity contribution >= 4 is 23.4 Å². The van der Waals surface area contributed by atoms with Crippen LogP contribution in [0.1, 0.15) is 26.0 Å². The third kappa shape index (κ3) is 6.24. The molecule has 10 nitrogen and oxygen atoms in total. The fraction of sp³-hybridized carbons (Fsp3) is 0.444. The van der Waals surface area contributed by atoms with Crippen LogP contribution in [-0.4, -0.2) is 82.6 Å². The summed E-state index contributed by atoms with van der Waals surface area (Å²) in [5, 5.41) is 7.54. The number of ether oxygens (including phenoxy) is 1. The fourth-order valence-corrected chi connectivity index (χ4v) is 4.71. The first kappa shape index (κ1) is 29.0. The van der Waals surface area contributed by atoms with Gasteiger partial charge in [0.2, 0.25) is 11.8 Å². The molecule has 0 saturated carbocycles. The van der Waals surface area contributed by atoms with Crippen molar-refractivity contribution in [3.05, 3.63) is 60.2 Å². The minimum Gasteiger partial charge on any atom is -0.488 e. The van der Waals surface area contributed by atoms with Crippen LogP contribution >= 0.6 is 0 Å². The topological polar surface area (TPSA) is 130 Å². The maximum absolute atomic E-state index is 14.2. The Morgan fingerprint density at radius 1 is 1.20 bits per heavy atom. The van der Waals surface area contributed by atoms with Crippen molar-refractivity contribution < 1.29 is 32.3 Å². The molecule has 13 heteroatoms. The molecular weight excluding hydrogens is 529 g/mol. The summed E-state index contributed by atoms with van der Waals surface area (Å²) >= 11 is 0. The number of nitrogens with two attached hydrogens (primary N) is 1. The van der Waals surface area contributed by atoms with Gasteiger partial charge in [-0.1, -0.05) is 18.2 Å². The number of likely N-dealkylation sites (tertiary alicyclic amines) is 1. The van der Waals surface area contributed by atoms with Gasteiger partial charge in [-0.15, -0.1) is 0 Å². The van der Waals surface area contributed by atoms with E-state index in [1.807, 2.05) is 0 Å². The van der Waals surface area contributed by atoms with E-state index in [-0.39, 0.29) is 31.7 Å². The van der Waals surface area contributed by atoms with Crippen LogP contribution in [0.2, 0.25) is 0 Å². The highest BCUT2D eigenvalue weighted by molar-refractivity contribution is 6.13. The van der Waals surface area contributed by atoms with E-state index >= 15 is 0 Å². The Balaban J connectivity index is 1.62. The highest BCUT2D eigenvalue weighted by atomic mass is 19.3. The van der Waals surface area contributed by atoms with E-state index in [0.29, 0.717) is 11.4 Å². The summed E-state index contributed by atoms with van der Waals surface area (Å²) in [6.07, 6.45) is -1.08. The molecule has 0 radical (unpaired) electrons. The molecular formula is C27H31F3N6O4. The van der Waals surface area contributed by atoms with Gasteiger partial charge in [0, 0.05) is 37.8 Å². The molecule has 214 valence electrons. The summed E-state index contributed by atoms with van der Waals surface area (Å²) in [7, 11) is 0. The summed E-state index contributed by atoms with van der Waals surface area (Å²) in [6, 6.07) is 9.46. The van der Waals surface area contributed by atoms with E-state index in [1.165, 1.54) is 36.9 Å². The Hall–Kier alpha value is -4.00. The predicted molar refractivity (Wildman–Crippen MR) is 139 cm³/mol. The Labute approximate surface area is 229 Å². The monoisotopic (exact) mass is 560 g/mol. The number of amides is 3. The first-order valence-electron chi connectivity index (χ1n) is 12.7. The van der Waals surface area contributed by atoms with Gasteiger partial charge in [0.1, 0.15) is 24.6 Å². The minimum absolute atomic E-state index is 0.0353. The van der Waals surface area contributed by atoms with E-state index in [9.17, 15) is 27.6 Å². The quantitative estimate of drug-likeness (QED) is 0.456. The van der Waals surface area contributed by atoms with E-state index < -0.39 is 60.1 Å². The van der Waals surface area contributed by atoms with Crippen LogP contribution in [0.25, 0.3) is 0 Å². The lowest BCUT2D eigenvalue weighted by Gasteiger charge is -2.40.